The number of oxazole rings is 1. The lowest BCUT2D eigenvalue weighted by molar-refractivity contribution is 0.0690. The average Bonchev–Trinajstić information content (AvgIpc) is 2.75. The summed E-state index contributed by atoms with van der Waals surface area (Å²) >= 11 is 0. The molecule has 1 unspecified atom stereocenters. The monoisotopic (exact) mass is 240 g/mol. The van der Waals surface area contributed by atoms with E-state index in [1.807, 2.05) is 0 Å². The summed E-state index contributed by atoms with van der Waals surface area (Å²) in [7, 11) is 0. The van der Waals surface area contributed by atoms with Gasteiger partial charge in [0.05, 0.1) is 0 Å². The van der Waals surface area contributed by atoms with E-state index in [0.29, 0.717) is 12.1 Å². The first-order valence-corrected chi connectivity index (χ1v) is 6.12. The fourth-order valence-corrected chi connectivity index (χ4v) is 1.70. The molecular formula is C12H20N2O3. The number of hydrogen-bond donors (Lipinski definition) is 2. The molecule has 1 atom stereocenters. The van der Waals surface area contributed by atoms with Crippen LogP contribution in [0.15, 0.2) is 10.7 Å². The van der Waals surface area contributed by atoms with Gasteiger partial charge in [-0.3, -0.25) is 0 Å². The van der Waals surface area contributed by atoms with Crippen LogP contribution in [0.3, 0.4) is 0 Å². The van der Waals surface area contributed by atoms with Gasteiger partial charge in [-0.15, -0.1) is 0 Å². The van der Waals surface area contributed by atoms with Crippen molar-refractivity contribution in [3.63, 3.8) is 0 Å². The predicted octanol–water partition coefficient (Wildman–Crippen LogP) is 3.14. The number of carboxylic acids is 1. The summed E-state index contributed by atoms with van der Waals surface area (Å²) in [6, 6.07) is 0.609. The molecular weight excluding hydrogens is 220 g/mol. The van der Waals surface area contributed by atoms with E-state index in [2.05, 4.69) is 24.1 Å². The number of unbranched alkanes of at least 4 members (excludes halogenated alkanes) is 1. The van der Waals surface area contributed by atoms with Gasteiger partial charge in [-0.05, 0) is 12.8 Å². The highest BCUT2D eigenvalue weighted by Crippen LogP contribution is 2.15. The van der Waals surface area contributed by atoms with Crippen molar-refractivity contribution in [2.75, 3.05) is 5.32 Å². The maximum Gasteiger partial charge on any atom is 0.357 e. The minimum Gasteiger partial charge on any atom is -0.476 e. The van der Waals surface area contributed by atoms with Crippen molar-refractivity contribution in [1.82, 2.24) is 4.98 Å². The Labute approximate surface area is 101 Å². The quantitative estimate of drug-likeness (QED) is 0.730. The molecule has 0 saturated heterocycles. The number of nitrogens with one attached hydrogen (secondary N) is 1. The van der Waals surface area contributed by atoms with Crippen LogP contribution < -0.4 is 5.32 Å². The first-order valence-electron chi connectivity index (χ1n) is 6.12. The predicted molar refractivity (Wildman–Crippen MR) is 65.3 cm³/mol. The van der Waals surface area contributed by atoms with Crippen LogP contribution in [0.1, 0.15) is 56.4 Å². The highest BCUT2D eigenvalue weighted by Gasteiger charge is 2.13. The van der Waals surface area contributed by atoms with E-state index in [-0.39, 0.29) is 5.69 Å². The lowest BCUT2D eigenvalue weighted by Gasteiger charge is -2.15. The number of nitrogens with zero attached hydrogens (tertiary/aromatic N) is 1. The first-order chi connectivity index (χ1) is 8.17. The minimum atomic E-state index is -1.07. The largest absolute Gasteiger partial charge is 0.476 e. The van der Waals surface area contributed by atoms with Gasteiger partial charge in [0.2, 0.25) is 0 Å². The fraction of sp³-hybridized carbons (Fsp3) is 0.667. The lowest BCUT2D eigenvalue weighted by atomic mass is 10.1. The standard InChI is InChI=1S/C12H20N2O3/c1-3-5-7-9(6-4-2)13-12-14-10(8-17-12)11(15)16/h8-9H,3-7H2,1-2H3,(H,13,14)(H,15,16). The van der Waals surface area contributed by atoms with Gasteiger partial charge in [-0.1, -0.05) is 33.1 Å². The van der Waals surface area contributed by atoms with Crippen molar-refractivity contribution >= 4 is 12.0 Å². The molecule has 1 aromatic rings. The summed E-state index contributed by atoms with van der Waals surface area (Å²) in [5, 5.41) is 11.9. The van der Waals surface area contributed by atoms with Gasteiger partial charge in [-0.2, -0.15) is 4.98 Å². The fourth-order valence-electron chi connectivity index (χ4n) is 1.70. The molecule has 0 spiro atoms. The Hall–Kier alpha value is -1.52. The molecule has 1 rings (SSSR count). The van der Waals surface area contributed by atoms with Gasteiger partial charge in [0.25, 0.3) is 6.01 Å². The molecule has 0 radical (unpaired) electrons. The van der Waals surface area contributed by atoms with E-state index >= 15 is 0 Å². The topological polar surface area (TPSA) is 75.4 Å². The molecule has 17 heavy (non-hydrogen) atoms. The van der Waals surface area contributed by atoms with Crippen LogP contribution in [0.5, 0.6) is 0 Å². The Morgan fingerprint density at radius 3 is 2.76 bits per heavy atom. The summed E-state index contributed by atoms with van der Waals surface area (Å²) in [6.07, 6.45) is 6.61. The first kappa shape index (κ1) is 13.5. The molecule has 5 nitrogen and oxygen atoms in total. The molecule has 0 fully saturated rings. The molecule has 0 aromatic carbocycles. The number of carbonyl (C=O) groups is 1. The Morgan fingerprint density at radius 1 is 1.47 bits per heavy atom. The Balaban J connectivity index is 2.55. The summed E-state index contributed by atoms with van der Waals surface area (Å²) in [4.78, 5) is 14.5. The summed E-state index contributed by atoms with van der Waals surface area (Å²) in [5.41, 5.74) is -0.0572. The van der Waals surface area contributed by atoms with Crippen molar-refractivity contribution in [2.24, 2.45) is 0 Å². The zero-order chi connectivity index (χ0) is 12.7. The van der Waals surface area contributed by atoms with Crippen molar-refractivity contribution in [1.29, 1.82) is 0 Å². The number of rotatable bonds is 8. The molecule has 2 N–H and O–H groups in total. The number of carboxylic acid groups (broad SMARTS) is 1. The van der Waals surface area contributed by atoms with Gasteiger partial charge >= 0.3 is 5.97 Å². The Morgan fingerprint density at radius 2 is 2.24 bits per heavy atom. The Kier molecular flexibility index (Phi) is 5.52. The molecule has 5 heteroatoms. The third-order valence-corrected chi connectivity index (χ3v) is 2.59. The molecule has 96 valence electrons. The van der Waals surface area contributed by atoms with Crippen molar-refractivity contribution < 1.29 is 14.3 Å². The van der Waals surface area contributed by atoms with Gasteiger partial charge in [0.15, 0.2) is 5.69 Å². The normalized spacial score (nSPS) is 12.4. The van der Waals surface area contributed by atoms with E-state index in [1.165, 1.54) is 0 Å². The van der Waals surface area contributed by atoms with Gasteiger partial charge in [0, 0.05) is 6.04 Å². The zero-order valence-corrected chi connectivity index (χ0v) is 10.4. The number of hydrogen-bond acceptors (Lipinski definition) is 4. The van der Waals surface area contributed by atoms with Gasteiger partial charge in [-0.25, -0.2) is 4.79 Å². The van der Waals surface area contributed by atoms with E-state index in [0.717, 1.165) is 38.4 Å². The highest BCUT2D eigenvalue weighted by molar-refractivity contribution is 5.85. The second-order valence-electron chi connectivity index (χ2n) is 4.12. The maximum atomic E-state index is 10.6. The average molecular weight is 240 g/mol. The van der Waals surface area contributed by atoms with Gasteiger partial charge < -0.3 is 14.8 Å². The number of aromatic carboxylic acids is 1. The van der Waals surface area contributed by atoms with E-state index < -0.39 is 5.97 Å². The van der Waals surface area contributed by atoms with E-state index in [1.54, 1.807) is 0 Å². The number of anilines is 1. The number of aromatic nitrogens is 1. The molecule has 0 amide bonds. The van der Waals surface area contributed by atoms with Crippen LogP contribution in [-0.4, -0.2) is 22.1 Å². The molecule has 0 aliphatic heterocycles. The molecule has 0 bridgehead atoms. The van der Waals surface area contributed by atoms with Gasteiger partial charge in [0.1, 0.15) is 6.26 Å². The highest BCUT2D eigenvalue weighted by atomic mass is 16.4. The van der Waals surface area contributed by atoms with Crippen LogP contribution in [0.4, 0.5) is 6.01 Å². The second-order valence-corrected chi connectivity index (χ2v) is 4.12. The molecule has 0 saturated carbocycles. The second kappa shape index (κ2) is 6.93. The maximum absolute atomic E-state index is 10.6. The third-order valence-electron chi connectivity index (χ3n) is 2.59. The van der Waals surface area contributed by atoms with Crippen LogP contribution in [0, 0.1) is 0 Å². The van der Waals surface area contributed by atoms with Crippen LogP contribution in [0.25, 0.3) is 0 Å². The SMILES string of the molecule is CCCCC(CCC)Nc1nc(C(=O)O)co1. The summed E-state index contributed by atoms with van der Waals surface area (Å²) in [6.45, 7) is 4.27. The Bertz CT molecular complexity index is 349. The molecule has 1 heterocycles. The van der Waals surface area contributed by atoms with E-state index in [4.69, 9.17) is 9.52 Å². The van der Waals surface area contributed by atoms with Crippen molar-refractivity contribution in [3.8, 4) is 0 Å². The smallest absolute Gasteiger partial charge is 0.357 e. The van der Waals surface area contributed by atoms with E-state index in [9.17, 15) is 4.79 Å². The lowest BCUT2D eigenvalue weighted by Crippen LogP contribution is -2.19. The molecule has 0 aliphatic rings. The third kappa shape index (κ3) is 4.46. The van der Waals surface area contributed by atoms with Crippen LogP contribution in [0.2, 0.25) is 0 Å². The van der Waals surface area contributed by atoms with Crippen molar-refractivity contribution in [3.05, 3.63) is 12.0 Å². The summed E-state index contributed by atoms with van der Waals surface area (Å²) < 4.78 is 5.08. The zero-order valence-electron chi connectivity index (χ0n) is 10.4. The van der Waals surface area contributed by atoms with Crippen LogP contribution in [-0.2, 0) is 0 Å². The molecule has 1 aromatic heterocycles. The molecule has 0 aliphatic carbocycles. The van der Waals surface area contributed by atoms with Crippen LogP contribution >= 0.6 is 0 Å². The minimum absolute atomic E-state index is 0.0572. The summed E-state index contributed by atoms with van der Waals surface area (Å²) in [5.74, 6) is -1.07. The van der Waals surface area contributed by atoms with Crippen molar-refractivity contribution in [2.45, 2.75) is 52.0 Å².